The molecule has 7 heteroatoms. The van der Waals surface area contributed by atoms with Crippen LogP contribution in [0.25, 0.3) is 0 Å². The summed E-state index contributed by atoms with van der Waals surface area (Å²) in [6.07, 6.45) is 7.24. The number of carbonyl (C=O) groups is 1. The molecule has 2 fully saturated rings. The van der Waals surface area contributed by atoms with E-state index in [-0.39, 0.29) is 12.1 Å². The van der Waals surface area contributed by atoms with Crippen molar-refractivity contribution in [3.63, 3.8) is 0 Å². The molecule has 1 aromatic rings. The van der Waals surface area contributed by atoms with Gasteiger partial charge in [-0.25, -0.2) is 9.78 Å². The Morgan fingerprint density at radius 3 is 3.00 bits per heavy atom. The average Bonchev–Trinajstić information content (AvgIpc) is 3.19. The Labute approximate surface area is 137 Å². The number of hydrogen-bond donors (Lipinski definition) is 1. The molecule has 2 unspecified atom stereocenters. The number of urea groups is 1. The normalized spacial score (nSPS) is 25.7. The van der Waals surface area contributed by atoms with Gasteiger partial charge in [0.05, 0.1) is 12.1 Å². The Balaban J connectivity index is 1.51. The van der Waals surface area contributed by atoms with Gasteiger partial charge in [0.2, 0.25) is 0 Å². The number of amides is 2. The standard InChI is InChI=1S/C16H27N5O2/c1-19-9-10-21(12-14(19)15-17-7-8-20(15)2)16(22)18-6-5-13-4-3-11-23-13/h7-8,13-14H,3-6,9-12H2,1-2H3,(H,18,22). The molecule has 1 N–H and O–H groups in total. The predicted molar refractivity (Wildman–Crippen MR) is 87.1 cm³/mol. The van der Waals surface area contributed by atoms with Crippen molar-refractivity contribution in [3.05, 3.63) is 18.2 Å². The number of rotatable bonds is 4. The van der Waals surface area contributed by atoms with Crippen LogP contribution in [0.1, 0.15) is 31.1 Å². The Morgan fingerprint density at radius 2 is 2.30 bits per heavy atom. The van der Waals surface area contributed by atoms with Crippen molar-refractivity contribution in [1.82, 2.24) is 24.7 Å². The molecule has 2 amide bonds. The van der Waals surface area contributed by atoms with Crippen molar-refractivity contribution >= 4 is 6.03 Å². The van der Waals surface area contributed by atoms with Crippen molar-refractivity contribution in [2.45, 2.75) is 31.4 Å². The van der Waals surface area contributed by atoms with Crippen molar-refractivity contribution in [2.24, 2.45) is 7.05 Å². The molecule has 2 aliphatic heterocycles. The second-order valence-corrected chi connectivity index (χ2v) is 6.49. The van der Waals surface area contributed by atoms with Crippen LogP contribution in [0.15, 0.2) is 12.4 Å². The Hall–Kier alpha value is -1.60. The smallest absolute Gasteiger partial charge is 0.317 e. The highest BCUT2D eigenvalue weighted by Crippen LogP contribution is 2.22. The molecular weight excluding hydrogens is 294 g/mol. The van der Waals surface area contributed by atoms with E-state index in [1.54, 1.807) is 0 Å². The summed E-state index contributed by atoms with van der Waals surface area (Å²) in [6, 6.07) is 0.169. The predicted octanol–water partition coefficient (Wildman–Crippen LogP) is 0.987. The first-order chi connectivity index (χ1) is 11.1. The van der Waals surface area contributed by atoms with Gasteiger partial charge in [0, 0.05) is 52.2 Å². The molecule has 0 bridgehead atoms. The summed E-state index contributed by atoms with van der Waals surface area (Å²) < 4.78 is 7.62. The van der Waals surface area contributed by atoms with Crippen molar-refractivity contribution < 1.29 is 9.53 Å². The zero-order chi connectivity index (χ0) is 16.2. The summed E-state index contributed by atoms with van der Waals surface area (Å²) in [4.78, 5) is 21.0. The van der Waals surface area contributed by atoms with Crippen LogP contribution in [0.4, 0.5) is 4.79 Å². The topological polar surface area (TPSA) is 62.6 Å². The fourth-order valence-electron chi connectivity index (χ4n) is 3.36. The number of nitrogens with one attached hydrogen (secondary N) is 1. The van der Waals surface area contributed by atoms with Crippen LogP contribution < -0.4 is 5.32 Å². The Kier molecular flexibility index (Phi) is 5.17. The molecule has 0 aliphatic carbocycles. The molecule has 3 rings (SSSR count). The molecule has 2 saturated heterocycles. The van der Waals surface area contributed by atoms with Gasteiger partial charge in [-0.05, 0) is 26.3 Å². The quantitative estimate of drug-likeness (QED) is 0.898. The first-order valence-electron chi connectivity index (χ1n) is 8.47. The maximum absolute atomic E-state index is 12.4. The summed E-state index contributed by atoms with van der Waals surface area (Å²) in [5.74, 6) is 1.00. The van der Waals surface area contributed by atoms with E-state index in [0.29, 0.717) is 19.2 Å². The second-order valence-electron chi connectivity index (χ2n) is 6.49. The third kappa shape index (κ3) is 3.84. The minimum Gasteiger partial charge on any atom is -0.378 e. The number of hydrogen-bond acceptors (Lipinski definition) is 4. The molecule has 7 nitrogen and oxygen atoms in total. The summed E-state index contributed by atoms with van der Waals surface area (Å²) in [6.45, 7) is 3.83. The highest BCUT2D eigenvalue weighted by atomic mass is 16.5. The average molecular weight is 321 g/mol. The Morgan fingerprint density at radius 1 is 1.43 bits per heavy atom. The van der Waals surface area contributed by atoms with Crippen LogP contribution in [-0.4, -0.2) is 71.3 Å². The summed E-state index contributed by atoms with van der Waals surface area (Å²) in [5, 5.41) is 3.04. The Bertz CT molecular complexity index is 526. The second kappa shape index (κ2) is 7.31. The highest BCUT2D eigenvalue weighted by molar-refractivity contribution is 5.74. The first-order valence-corrected chi connectivity index (χ1v) is 8.47. The van der Waals surface area contributed by atoms with E-state index in [9.17, 15) is 4.79 Å². The molecule has 0 saturated carbocycles. The number of aryl methyl sites for hydroxylation is 1. The van der Waals surface area contributed by atoms with E-state index in [1.807, 2.05) is 28.9 Å². The van der Waals surface area contributed by atoms with Crippen molar-refractivity contribution in [2.75, 3.05) is 39.8 Å². The van der Waals surface area contributed by atoms with Gasteiger partial charge < -0.3 is 19.5 Å². The maximum atomic E-state index is 12.4. The van der Waals surface area contributed by atoms with Crippen molar-refractivity contribution in [1.29, 1.82) is 0 Å². The summed E-state index contributed by atoms with van der Waals surface area (Å²) >= 11 is 0. The maximum Gasteiger partial charge on any atom is 0.317 e. The van der Waals surface area contributed by atoms with Crippen LogP contribution >= 0.6 is 0 Å². The molecule has 0 spiro atoms. The van der Waals surface area contributed by atoms with Gasteiger partial charge in [-0.3, -0.25) is 4.90 Å². The number of likely N-dealkylation sites (N-methyl/N-ethyl adjacent to an activating group) is 1. The van der Waals surface area contributed by atoms with Gasteiger partial charge in [-0.2, -0.15) is 0 Å². The lowest BCUT2D eigenvalue weighted by Gasteiger charge is -2.38. The number of piperazine rings is 1. The molecule has 23 heavy (non-hydrogen) atoms. The number of carbonyl (C=O) groups excluding carboxylic acids is 1. The highest BCUT2D eigenvalue weighted by Gasteiger charge is 2.30. The van der Waals surface area contributed by atoms with Crippen molar-refractivity contribution in [3.8, 4) is 0 Å². The van der Waals surface area contributed by atoms with E-state index >= 15 is 0 Å². The molecule has 3 heterocycles. The fraction of sp³-hybridized carbons (Fsp3) is 0.750. The van der Waals surface area contributed by atoms with Gasteiger partial charge in [-0.15, -0.1) is 0 Å². The first kappa shape index (κ1) is 16.3. The van der Waals surface area contributed by atoms with Gasteiger partial charge in [0.25, 0.3) is 0 Å². The van der Waals surface area contributed by atoms with Crippen LogP contribution in [0.3, 0.4) is 0 Å². The zero-order valence-electron chi connectivity index (χ0n) is 14.1. The van der Waals surface area contributed by atoms with E-state index in [1.165, 1.54) is 0 Å². The lowest BCUT2D eigenvalue weighted by atomic mass is 10.1. The van der Waals surface area contributed by atoms with Crippen LogP contribution in [0.2, 0.25) is 0 Å². The third-order valence-electron chi connectivity index (χ3n) is 4.86. The third-order valence-corrected chi connectivity index (χ3v) is 4.86. The minimum atomic E-state index is 0.0234. The van der Waals surface area contributed by atoms with E-state index < -0.39 is 0 Å². The zero-order valence-corrected chi connectivity index (χ0v) is 14.1. The lowest BCUT2D eigenvalue weighted by molar-refractivity contribution is 0.0967. The van der Waals surface area contributed by atoms with Crippen LogP contribution in [0.5, 0.6) is 0 Å². The molecule has 0 aromatic carbocycles. The lowest BCUT2D eigenvalue weighted by Crippen LogP contribution is -2.52. The molecule has 1 aromatic heterocycles. The summed E-state index contributed by atoms with van der Waals surface area (Å²) in [7, 11) is 4.09. The number of aromatic nitrogens is 2. The number of imidazole rings is 1. The van der Waals surface area contributed by atoms with Gasteiger partial charge in [0.1, 0.15) is 5.82 Å². The van der Waals surface area contributed by atoms with Gasteiger partial charge >= 0.3 is 6.03 Å². The van der Waals surface area contributed by atoms with Gasteiger partial charge in [0.15, 0.2) is 0 Å². The monoisotopic (exact) mass is 321 g/mol. The SMILES string of the molecule is CN1CCN(C(=O)NCCC2CCCO2)CC1c1nccn1C. The number of ether oxygens (including phenoxy) is 1. The molecule has 2 atom stereocenters. The molecule has 0 radical (unpaired) electrons. The van der Waals surface area contributed by atoms with E-state index in [0.717, 1.165) is 44.8 Å². The van der Waals surface area contributed by atoms with E-state index in [4.69, 9.17) is 4.74 Å². The van der Waals surface area contributed by atoms with Crippen LogP contribution in [-0.2, 0) is 11.8 Å². The largest absolute Gasteiger partial charge is 0.378 e. The molecule has 128 valence electrons. The van der Waals surface area contributed by atoms with Gasteiger partial charge in [-0.1, -0.05) is 0 Å². The fourth-order valence-corrected chi connectivity index (χ4v) is 3.36. The molecular formula is C16H27N5O2. The minimum absolute atomic E-state index is 0.0234. The van der Waals surface area contributed by atoms with E-state index in [2.05, 4.69) is 22.2 Å². The summed E-state index contributed by atoms with van der Waals surface area (Å²) in [5.41, 5.74) is 0. The molecule has 2 aliphatic rings. The number of nitrogens with zero attached hydrogens (tertiary/aromatic N) is 4. The van der Waals surface area contributed by atoms with Crippen LogP contribution in [0, 0.1) is 0 Å².